The van der Waals surface area contributed by atoms with E-state index in [4.69, 9.17) is 9.47 Å². The normalized spacial score (nSPS) is 12.4. The van der Waals surface area contributed by atoms with Gasteiger partial charge in [-0.3, -0.25) is 0 Å². The number of hydrogen-bond acceptors (Lipinski definition) is 2. The van der Waals surface area contributed by atoms with E-state index in [1.165, 1.54) is 11.1 Å². The molecule has 0 bridgehead atoms. The fourth-order valence-electron chi connectivity index (χ4n) is 1.76. The lowest BCUT2D eigenvalue weighted by Crippen LogP contribution is -1.95. The Labute approximate surface area is 123 Å². The maximum atomic E-state index is 5.70. The molecule has 0 aliphatic carbocycles. The predicted octanol–water partition coefficient (Wildman–Crippen LogP) is 5.16. The van der Waals surface area contributed by atoms with Gasteiger partial charge >= 0.3 is 0 Å². The molecule has 0 N–H and O–H groups in total. The highest BCUT2D eigenvalue weighted by atomic mass is 16.5. The number of hydrogen-bond donors (Lipinski definition) is 0. The van der Waals surface area contributed by atoms with E-state index in [-0.39, 0.29) is 0 Å². The van der Waals surface area contributed by atoms with Crippen molar-refractivity contribution in [1.82, 2.24) is 0 Å². The third-order valence-electron chi connectivity index (χ3n) is 3.31. The van der Waals surface area contributed by atoms with Crippen LogP contribution in [0.3, 0.4) is 0 Å². The molecule has 0 unspecified atom stereocenters. The maximum absolute atomic E-state index is 5.70. The topological polar surface area (TPSA) is 18.5 Å². The van der Waals surface area contributed by atoms with Gasteiger partial charge in [0, 0.05) is 6.07 Å². The van der Waals surface area contributed by atoms with Crippen LogP contribution in [0.25, 0.3) is 0 Å². The van der Waals surface area contributed by atoms with Gasteiger partial charge in [-0.05, 0) is 51.3 Å². The van der Waals surface area contributed by atoms with Gasteiger partial charge in [0.05, 0.1) is 7.11 Å². The second-order valence-electron chi connectivity index (χ2n) is 4.98. The number of allylic oxidation sites excluding steroid dienone is 3. The first-order valence-electron chi connectivity index (χ1n) is 7.23. The summed E-state index contributed by atoms with van der Waals surface area (Å²) in [7, 11) is 1.66. The van der Waals surface area contributed by atoms with Crippen LogP contribution in [-0.2, 0) is 0 Å². The van der Waals surface area contributed by atoms with Gasteiger partial charge in [-0.15, -0.1) is 0 Å². The molecule has 110 valence electrons. The van der Waals surface area contributed by atoms with Gasteiger partial charge in [-0.25, -0.2) is 0 Å². The smallest absolute Gasteiger partial charge is 0.123 e. The minimum absolute atomic E-state index is 0.607. The van der Waals surface area contributed by atoms with E-state index in [0.717, 1.165) is 30.8 Å². The minimum Gasteiger partial charge on any atom is -0.497 e. The minimum atomic E-state index is 0.607. The molecule has 0 aliphatic heterocycles. The van der Waals surface area contributed by atoms with Gasteiger partial charge < -0.3 is 9.47 Å². The predicted molar refractivity (Wildman–Crippen MR) is 85.5 cm³/mol. The summed E-state index contributed by atoms with van der Waals surface area (Å²) in [6, 6.07) is 7.69. The van der Waals surface area contributed by atoms with E-state index in [0.29, 0.717) is 6.61 Å². The SMILES string of the molecule is CC/C(C)=C/CC/C(C)=C\COc1cccc(OC)c1. The first-order valence-corrected chi connectivity index (χ1v) is 7.23. The summed E-state index contributed by atoms with van der Waals surface area (Å²) in [5, 5.41) is 0. The van der Waals surface area contributed by atoms with Gasteiger partial charge in [0.25, 0.3) is 0 Å². The molecule has 0 aromatic heterocycles. The van der Waals surface area contributed by atoms with Gasteiger partial charge in [-0.1, -0.05) is 30.2 Å². The Hall–Kier alpha value is -1.70. The van der Waals surface area contributed by atoms with Crippen LogP contribution in [0.2, 0.25) is 0 Å². The van der Waals surface area contributed by atoms with Gasteiger partial charge in [0.15, 0.2) is 0 Å². The molecule has 1 aromatic rings. The number of ether oxygens (including phenoxy) is 2. The van der Waals surface area contributed by atoms with Crippen LogP contribution in [-0.4, -0.2) is 13.7 Å². The Bertz CT molecular complexity index is 458. The maximum Gasteiger partial charge on any atom is 0.123 e. The zero-order valence-electron chi connectivity index (χ0n) is 13.1. The summed E-state index contributed by atoms with van der Waals surface area (Å²) < 4.78 is 10.9. The Morgan fingerprint density at radius 1 is 1.10 bits per heavy atom. The molecule has 20 heavy (non-hydrogen) atoms. The van der Waals surface area contributed by atoms with Crippen molar-refractivity contribution in [3.8, 4) is 11.5 Å². The molecule has 0 spiro atoms. The molecular formula is C18H26O2. The van der Waals surface area contributed by atoms with Gasteiger partial charge in [0.1, 0.15) is 18.1 Å². The molecular weight excluding hydrogens is 248 g/mol. The van der Waals surface area contributed by atoms with Crippen LogP contribution >= 0.6 is 0 Å². The van der Waals surface area contributed by atoms with Crippen LogP contribution in [0.5, 0.6) is 11.5 Å². The fourth-order valence-corrected chi connectivity index (χ4v) is 1.76. The lowest BCUT2D eigenvalue weighted by molar-refractivity contribution is 0.355. The molecule has 0 saturated carbocycles. The quantitative estimate of drug-likeness (QED) is 0.610. The first-order chi connectivity index (χ1) is 9.65. The van der Waals surface area contributed by atoms with E-state index in [9.17, 15) is 0 Å². The average molecular weight is 274 g/mol. The van der Waals surface area contributed by atoms with Crippen molar-refractivity contribution in [1.29, 1.82) is 0 Å². The van der Waals surface area contributed by atoms with E-state index in [1.54, 1.807) is 7.11 Å². The average Bonchev–Trinajstić information content (AvgIpc) is 2.47. The molecule has 2 nitrogen and oxygen atoms in total. The lowest BCUT2D eigenvalue weighted by atomic mass is 10.1. The van der Waals surface area contributed by atoms with Crippen LogP contribution in [0, 0.1) is 0 Å². The van der Waals surface area contributed by atoms with Crippen molar-refractivity contribution in [2.24, 2.45) is 0 Å². The number of methoxy groups -OCH3 is 1. The Morgan fingerprint density at radius 3 is 2.55 bits per heavy atom. The zero-order chi connectivity index (χ0) is 14.8. The monoisotopic (exact) mass is 274 g/mol. The first kappa shape index (κ1) is 16.4. The van der Waals surface area contributed by atoms with Crippen molar-refractivity contribution in [2.45, 2.75) is 40.0 Å². The van der Waals surface area contributed by atoms with E-state index >= 15 is 0 Å². The van der Waals surface area contributed by atoms with Crippen molar-refractivity contribution in [2.75, 3.05) is 13.7 Å². The molecule has 0 fully saturated rings. The van der Waals surface area contributed by atoms with Crippen molar-refractivity contribution >= 4 is 0 Å². The van der Waals surface area contributed by atoms with E-state index < -0.39 is 0 Å². The molecule has 0 aliphatic rings. The van der Waals surface area contributed by atoms with E-state index in [1.807, 2.05) is 24.3 Å². The van der Waals surface area contributed by atoms with E-state index in [2.05, 4.69) is 32.9 Å². The van der Waals surface area contributed by atoms with Crippen molar-refractivity contribution < 1.29 is 9.47 Å². The summed E-state index contributed by atoms with van der Waals surface area (Å²) in [4.78, 5) is 0. The number of benzene rings is 1. The van der Waals surface area contributed by atoms with Crippen LogP contribution in [0.1, 0.15) is 40.0 Å². The Morgan fingerprint density at radius 2 is 1.85 bits per heavy atom. The van der Waals surface area contributed by atoms with Gasteiger partial charge in [0.2, 0.25) is 0 Å². The second kappa shape index (κ2) is 9.24. The summed E-state index contributed by atoms with van der Waals surface area (Å²) in [5.41, 5.74) is 2.83. The molecule has 0 atom stereocenters. The lowest BCUT2D eigenvalue weighted by Gasteiger charge is -2.06. The molecule has 0 radical (unpaired) electrons. The van der Waals surface area contributed by atoms with Crippen LogP contribution in [0.4, 0.5) is 0 Å². The zero-order valence-corrected chi connectivity index (χ0v) is 13.1. The van der Waals surface area contributed by atoms with Crippen LogP contribution < -0.4 is 9.47 Å². The molecule has 2 heteroatoms. The highest BCUT2D eigenvalue weighted by Gasteiger charge is 1.96. The molecule has 1 rings (SSSR count). The third kappa shape index (κ3) is 6.46. The van der Waals surface area contributed by atoms with Crippen molar-refractivity contribution in [3.05, 3.63) is 47.6 Å². The highest BCUT2D eigenvalue weighted by Crippen LogP contribution is 2.19. The summed E-state index contributed by atoms with van der Waals surface area (Å²) >= 11 is 0. The fraction of sp³-hybridized carbons (Fsp3) is 0.444. The standard InChI is InChI=1S/C18H26O2/c1-5-15(2)8-6-9-16(3)12-13-20-18-11-7-10-17(14-18)19-4/h7-8,10-12,14H,5-6,9,13H2,1-4H3/b15-8+,16-12-. The second-order valence-corrected chi connectivity index (χ2v) is 4.98. The highest BCUT2D eigenvalue weighted by molar-refractivity contribution is 5.32. The third-order valence-corrected chi connectivity index (χ3v) is 3.31. The summed E-state index contributed by atoms with van der Waals surface area (Å²) in [5.74, 6) is 1.67. The number of rotatable bonds is 8. The van der Waals surface area contributed by atoms with Crippen molar-refractivity contribution in [3.63, 3.8) is 0 Å². The van der Waals surface area contributed by atoms with Gasteiger partial charge in [-0.2, -0.15) is 0 Å². The summed E-state index contributed by atoms with van der Waals surface area (Å²) in [6.07, 6.45) is 7.82. The molecule has 0 amide bonds. The molecule has 1 aromatic carbocycles. The Kier molecular flexibility index (Phi) is 7.56. The molecule has 0 heterocycles. The van der Waals surface area contributed by atoms with Crippen LogP contribution in [0.15, 0.2) is 47.6 Å². The molecule has 0 saturated heterocycles. The Balaban J connectivity index is 2.35. The largest absolute Gasteiger partial charge is 0.497 e. The summed E-state index contributed by atoms with van der Waals surface area (Å²) in [6.45, 7) is 7.14.